The van der Waals surface area contributed by atoms with E-state index in [1.54, 1.807) is 24.3 Å². The summed E-state index contributed by atoms with van der Waals surface area (Å²) in [5.74, 6) is 0.404. The van der Waals surface area contributed by atoms with Crippen molar-refractivity contribution in [2.45, 2.75) is 25.7 Å². The summed E-state index contributed by atoms with van der Waals surface area (Å²) in [4.78, 5) is 25.6. The molecule has 0 spiro atoms. The van der Waals surface area contributed by atoms with Crippen molar-refractivity contribution < 1.29 is 9.59 Å². The van der Waals surface area contributed by atoms with Gasteiger partial charge in [-0.25, -0.2) is 0 Å². The van der Waals surface area contributed by atoms with Gasteiger partial charge >= 0.3 is 0 Å². The first-order valence-corrected chi connectivity index (χ1v) is 9.88. The van der Waals surface area contributed by atoms with Gasteiger partial charge in [0.1, 0.15) is 0 Å². The van der Waals surface area contributed by atoms with Crippen LogP contribution in [0.1, 0.15) is 31.1 Å². The van der Waals surface area contributed by atoms with Gasteiger partial charge in [0, 0.05) is 21.6 Å². The molecular formula is C23H23NO2S. The third-order valence-corrected chi connectivity index (χ3v) is 5.23. The maximum Gasteiger partial charge on any atom is 0.229 e. The van der Waals surface area contributed by atoms with Crippen LogP contribution in [0.25, 0.3) is 10.8 Å². The van der Waals surface area contributed by atoms with Gasteiger partial charge < -0.3 is 5.32 Å². The highest BCUT2D eigenvalue weighted by Crippen LogP contribution is 2.25. The average molecular weight is 378 g/mol. The van der Waals surface area contributed by atoms with Crippen LogP contribution in [0.3, 0.4) is 0 Å². The SMILES string of the molecule is CC(C)(C)C(=O)Nc1ccc(C(=O)CSc2ccc3ccccc3c2)cc1. The normalized spacial score (nSPS) is 11.4. The molecule has 0 aliphatic rings. The van der Waals surface area contributed by atoms with Gasteiger partial charge in [-0.2, -0.15) is 0 Å². The van der Waals surface area contributed by atoms with Gasteiger partial charge in [-0.3, -0.25) is 9.59 Å². The number of thioether (sulfide) groups is 1. The molecule has 3 aromatic rings. The number of amides is 1. The molecule has 27 heavy (non-hydrogen) atoms. The molecule has 3 rings (SSSR count). The molecule has 3 nitrogen and oxygen atoms in total. The number of fused-ring (bicyclic) bond motifs is 1. The summed E-state index contributed by atoms with van der Waals surface area (Å²) in [5.41, 5.74) is 0.899. The van der Waals surface area contributed by atoms with Gasteiger partial charge in [0.2, 0.25) is 5.91 Å². The summed E-state index contributed by atoms with van der Waals surface area (Å²) >= 11 is 1.54. The van der Waals surface area contributed by atoms with Crippen molar-refractivity contribution >= 4 is 39.9 Å². The van der Waals surface area contributed by atoms with Crippen molar-refractivity contribution in [2.24, 2.45) is 5.41 Å². The van der Waals surface area contributed by atoms with E-state index in [1.165, 1.54) is 22.5 Å². The molecule has 138 valence electrons. The van der Waals surface area contributed by atoms with Crippen LogP contribution in [0.2, 0.25) is 0 Å². The van der Waals surface area contributed by atoms with Crippen molar-refractivity contribution in [3.63, 3.8) is 0 Å². The molecule has 0 radical (unpaired) electrons. The molecule has 0 aromatic heterocycles. The Morgan fingerprint density at radius 2 is 1.56 bits per heavy atom. The first-order chi connectivity index (χ1) is 12.8. The zero-order chi connectivity index (χ0) is 19.4. The summed E-state index contributed by atoms with van der Waals surface area (Å²) in [6, 6.07) is 21.5. The molecule has 0 bridgehead atoms. The maximum atomic E-state index is 12.5. The maximum absolute atomic E-state index is 12.5. The first-order valence-electron chi connectivity index (χ1n) is 8.89. The number of carbonyl (C=O) groups is 2. The second-order valence-corrected chi connectivity index (χ2v) is 8.55. The largest absolute Gasteiger partial charge is 0.326 e. The lowest BCUT2D eigenvalue weighted by Gasteiger charge is -2.17. The zero-order valence-corrected chi connectivity index (χ0v) is 16.6. The van der Waals surface area contributed by atoms with Crippen molar-refractivity contribution in [3.8, 4) is 0 Å². The quantitative estimate of drug-likeness (QED) is 0.451. The summed E-state index contributed by atoms with van der Waals surface area (Å²) in [5, 5.41) is 5.24. The molecule has 3 aromatic carbocycles. The van der Waals surface area contributed by atoms with E-state index in [-0.39, 0.29) is 11.7 Å². The lowest BCUT2D eigenvalue weighted by Crippen LogP contribution is -2.27. The van der Waals surface area contributed by atoms with Crippen molar-refractivity contribution in [1.29, 1.82) is 0 Å². The monoisotopic (exact) mass is 377 g/mol. The first kappa shape index (κ1) is 19.2. The van der Waals surface area contributed by atoms with Crippen LogP contribution in [0.5, 0.6) is 0 Å². The van der Waals surface area contributed by atoms with Gasteiger partial charge in [-0.15, -0.1) is 11.8 Å². The Kier molecular flexibility index (Phi) is 5.66. The molecule has 0 unspecified atom stereocenters. The Hall–Kier alpha value is -2.59. The number of nitrogens with one attached hydrogen (secondary N) is 1. The Morgan fingerprint density at radius 1 is 0.889 bits per heavy atom. The van der Waals surface area contributed by atoms with Crippen LogP contribution in [-0.2, 0) is 4.79 Å². The Labute approximate surface area is 164 Å². The molecule has 1 N–H and O–H groups in total. The third-order valence-electron chi connectivity index (χ3n) is 4.24. The number of hydrogen-bond donors (Lipinski definition) is 1. The van der Waals surface area contributed by atoms with E-state index >= 15 is 0 Å². The summed E-state index contributed by atoms with van der Waals surface area (Å²) in [6.45, 7) is 5.60. The highest BCUT2D eigenvalue weighted by atomic mass is 32.2. The number of Topliss-reactive ketones (excluding diaryl/α,β-unsaturated/α-hetero) is 1. The van der Waals surface area contributed by atoms with E-state index in [9.17, 15) is 9.59 Å². The molecule has 0 atom stereocenters. The smallest absolute Gasteiger partial charge is 0.229 e. The molecule has 1 amide bonds. The number of ketones is 1. The Bertz CT molecular complexity index is 972. The zero-order valence-electron chi connectivity index (χ0n) is 15.8. The van der Waals surface area contributed by atoms with Crippen molar-refractivity contribution in [3.05, 3.63) is 72.3 Å². The van der Waals surface area contributed by atoms with E-state index in [0.717, 1.165) is 4.90 Å². The van der Waals surface area contributed by atoms with Crippen LogP contribution < -0.4 is 5.32 Å². The lowest BCUT2D eigenvalue weighted by molar-refractivity contribution is -0.123. The molecule has 0 heterocycles. The number of carbonyl (C=O) groups excluding carboxylic acids is 2. The van der Waals surface area contributed by atoms with Crippen LogP contribution >= 0.6 is 11.8 Å². The van der Waals surface area contributed by atoms with Gasteiger partial charge in [-0.05, 0) is 47.2 Å². The minimum atomic E-state index is -0.453. The lowest BCUT2D eigenvalue weighted by atomic mass is 9.95. The fourth-order valence-corrected chi connectivity index (χ4v) is 3.39. The van der Waals surface area contributed by atoms with Crippen LogP contribution in [-0.4, -0.2) is 17.4 Å². The van der Waals surface area contributed by atoms with Crippen LogP contribution in [0, 0.1) is 5.41 Å². The van der Waals surface area contributed by atoms with Crippen LogP contribution in [0.4, 0.5) is 5.69 Å². The molecule has 0 aliphatic heterocycles. The highest BCUT2D eigenvalue weighted by Gasteiger charge is 2.21. The van der Waals surface area contributed by atoms with Gasteiger partial charge in [0.25, 0.3) is 0 Å². The minimum absolute atomic E-state index is 0.0477. The van der Waals surface area contributed by atoms with Crippen molar-refractivity contribution in [2.75, 3.05) is 11.1 Å². The number of rotatable bonds is 5. The fraction of sp³-hybridized carbons (Fsp3) is 0.217. The third kappa shape index (κ3) is 4.98. The Morgan fingerprint density at radius 3 is 2.22 bits per heavy atom. The summed E-state index contributed by atoms with van der Waals surface area (Å²) in [7, 11) is 0. The fourth-order valence-electron chi connectivity index (χ4n) is 2.55. The van der Waals surface area contributed by atoms with Gasteiger partial charge in [-0.1, -0.05) is 51.1 Å². The predicted molar refractivity (Wildman–Crippen MR) is 114 cm³/mol. The van der Waals surface area contributed by atoms with E-state index in [1.807, 2.05) is 39.0 Å². The van der Waals surface area contributed by atoms with E-state index in [0.29, 0.717) is 17.0 Å². The van der Waals surface area contributed by atoms with Crippen LogP contribution in [0.15, 0.2) is 71.6 Å². The number of anilines is 1. The van der Waals surface area contributed by atoms with E-state index < -0.39 is 5.41 Å². The topological polar surface area (TPSA) is 46.2 Å². The second-order valence-electron chi connectivity index (χ2n) is 7.50. The molecule has 0 saturated carbocycles. The molecule has 0 aliphatic carbocycles. The molecule has 0 saturated heterocycles. The molecule has 0 fully saturated rings. The predicted octanol–water partition coefficient (Wildman–Crippen LogP) is 5.80. The van der Waals surface area contributed by atoms with E-state index in [2.05, 4.69) is 29.6 Å². The average Bonchev–Trinajstić information content (AvgIpc) is 2.65. The minimum Gasteiger partial charge on any atom is -0.326 e. The standard InChI is InChI=1S/C23H23NO2S/c1-23(2,3)22(26)24-19-11-8-17(9-12-19)21(25)15-27-20-13-10-16-6-4-5-7-18(16)14-20/h4-14H,15H2,1-3H3,(H,24,26). The molecule has 4 heteroatoms. The Balaban J connectivity index is 1.61. The summed E-state index contributed by atoms with van der Waals surface area (Å²) < 4.78 is 0. The second kappa shape index (κ2) is 7.97. The van der Waals surface area contributed by atoms with Gasteiger partial charge in [0.15, 0.2) is 5.78 Å². The van der Waals surface area contributed by atoms with E-state index in [4.69, 9.17) is 0 Å². The molecular weight excluding hydrogens is 354 g/mol. The number of benzene rings is 3. The summed E-state index contributed by atoms with van der Waals surface area (Å²) in [6.07, 6.45) is 0. The highest BCUT2D eigenvalue weighted by molar-refractivity contribution is 8.00. The van der Waals surface area contributed by atoms with Gasteiger partial charge in [0.05, 0.1) is 5.75 Å². The number of hydrogen-bond acceptors (Lipinski definition) is 3. The van der Waals surface area contributed by atoms with Crippen molar-refractivity contribution in [1.82, 2.24) is 0 Å².